The quantitative estimate of drug-likeness (QED) is 0.584. The highest BCUT2D eigenvalue weighted by molar-refractivity contribution is 7.99. The number of thioether (sulfide) groups is 1. The number of thiol groups is 1. The Morgan fingerprint density at radius 2 is 2.29 bits per heavy atom. The van der Waals surface area contributed by atoms with Crippen LogP contribution in [0.4, 0.5) is 0 Å². The van der Waals surface area contributed by atoms with Gasteiger partial charge >= 0.3 is 0 Å². The Labute approximate surface area is 94.9 Å². The van der Waals surface area contributed by atoms with Gasteiger partial charge in [-0.15, -0.1) is 5.10 Å². The summed E-state index contributed by atoms with van der Waals surface area (Å²) in [5.41, 5.74) is 0. The summed E-state index contributed by atoms with van der Waals surface area (Å²) in [5.74, 6) is 3.70. The second-order valence-electron chi connectivity index (χ2n) is 3.46. The van der Waals surface area contributed by atoms with E-state index in [-0.39, 0.29) is 0 Å². The monoisotopic (exact) mass is 231 g/mol. The average Bonchev–Trinajstić information content (AvgIpc) is 2.52. The smallest absolute Gasteiger partial charge is 0.208 e. The summed E-state index contributed by atoms with van der Waals surface area (Å²) in [4.78, 5) is 4.23. The second kappa shape index (κ2) is 6.35. The molecule has 5 heteroatoms. The SMILES string of the molecule is Cc1nc(SCCC(C)CCS)n[nH]1. The number of H-pyrrole nitrogens is 1. The van der Waals surface area contributed by atoms with Crippen molar-refractivity contribution < 1.29 is 0 Å². The van der Waals surface area contributed by atoms with E-state index in [2.05, 4.69) is 34.7 Å². The molecule has 0 aliphatic rings. The molecule has 0 aromatic carbocycles. The lowest BCUT2D eigenvalue weighted by Gasteiger charge is -2.07. The summed E-state index contributed by atoms with van der Waals surface area (Å²) >= 11 is 5.94. The van der Waals surface area contributed by atoms with E-state index in [1.165, 1.54) is 12.8 Å². The summed E-state index contributed by atoms with van der Waals surface area (Å²) in [6.45, 7) is 4.18. The topological polar surface area (TPSA) is 41.6 Å². The van der Waals surface area contributed by atoms with Crippen LogP contribution in [0.3, 0.4) is 0 Å². The van der Waals surface area contributed by atoms with Gasteiger partial charge in [-0.05, 0) is 31.4 Å². The highest BCUT2D eigenvalue weighted by Crippen LogP contribution is 2.17. The van der Waals surface area contributed by atoms with Gasteiger partial charge in [0.05, 0.1) is 0 Å². The van der Waals surface area contributed by atoms with E-state index in [4.69, 9.17) is 0 Å². The molecule has 1 N–H and O–H groups in total. The van der Waals surface area contributed by atoms with Crippen LogP contribution in [-0.4, -0.2) is 26.7 Å². The Balaban J connectivity index is 2.15. The second-order valence-corrected chi connectivity index (χ2v) is 4.97. The summed E-state index contributed by atoms with van der Waals surface area (Å²) in [7, 11) is 0. The van der Waals surface area contributed by atoms with Gasteiger partial charge in [-0.25, -0.2) is 4.98 Å². The maximum absolute atomic E-state index is 4.23. The highest BCUT2D eigenvalue weighted by Gasteiger charge is 2.03. The fraction of sp³-hybridized carbons (Fsp3) is 0.778. The molecule has 0 saturated heterocycles. The predicted molar refractivity (Wildman–Crippen MR) is 64.1 cm³/mol. The van der Waals surface area contributed by atoms with Crippen LogP contribution in [0.25, 0.3) is 0 Å². The Bertz CT molecular complexity index is 262. The summed E-state index contributed by atoms with van der Waals surface area (Å²) in [6.07, 6.45) is 2.40. The molecule has 0 radical (unpaired) electrons. The van der Waals surface area contributed by atoms with Crippen LogP contribution >= 0.6 is 24.4 Å². The van der Waals surface area contributed by atoms with E-state index < -0.39 is 0 Å². The molecule has 1 unspecified atom stereocenters. The molecule has 1 atom stereocenters. The molecule has 0 aliphatic heterocycles. The molecule has 0 amide bonds. The highest BCUT2D eigenvalue weighted by atomic mass is 32.2. The van der Waals surface area contributed by atoms with Crippen molar-refractivity contribution in [3.05, 3.63) is 5.82 Å². The number of nitrogens with one attached hydrogen (secondary N) is 1. The number of hydrogen-bond acceptors (Lipinski definition) is 4. The lowest BCUT2D eigenvalue weighted by atomic mass is 10.1. The standard InChI is InChI=1S/C9H17N3S2/c1-7(3-5-13)4-6-14-9-10-8(2)11-12-9/h7,13H,3-6H2,1-2H3,(H,10,11,12). The van der Waals surface area contributed by atoms with E-state index in [0.29, 0.717) is 0 Å². The van der Waals surface area contributed by atoms with Crippen LogP contribution in [-0.2, 0) is 0 Å². The average molecular weight is 231 g/mol. The molecular weight excluding hydrogens is 214 g/mol. The molecule has 3 nitrogen and oxygen atoms in total. The van der Waals surface area contributed by atoms with E-state index in [0.717, 1.165) is 28.4 Å². The summed E-state index contributed by atoms with van der Waals surface area (Å²) < 4.78 is 0. The Morgan fingerprint density at radius 3 is 2.86 bits per heavy atom. The zero-order valence-corrected chi connectivity index (χ0v) is 10.4. The minimum atomic E-state index is 0.750. The number of aryl methyl sites for hydroxylation is 1. The zero-order valence-electron chi connectivity index (χ0n) is 8.66. The van der Waals surface area contributed by atoms with Crippen LogP contribution in [0, 0.1) is 12.8 Å². The number of rotatable bonds is 6. The number of aromatic amines is 1. The van der Waals surface area contributed by atoms with Crippen LogP contribution < -0.4 is 0 Å². The first-order valence-electron chi connectivity index (χ1n) is 4.85. The zero-order chi connectivity index (χ0) is 10.4. The van der Waals surface area contributed by atoms with Crippen LogP contribution in [0.1, 0.15) is 25.6 Å². The molecule has 0 spiro atoms. The third-order valence-corrected chi connectivity index (χ3v) is 3.18. The first-order valence-corrected chi connectivity index (χ1v) is 6.47. The largest absolute Gasteiger partial charge is 0.262 e. The maximum Gasteiger partial charge on any atom is 0.208 e. The van der Waals surface area contributed by atoms with Gasteiger partial charge in [-0.2, -0.15) is 12.6 Å². The molecule has 0 aliphatic carbocycles. The molecule has 1 aromatic rings. The molecule has 0 bridgehead atoms. The normalized spacial score (nSPS) is 13.1. The van der Waals surface area contributed by atoms with E-state index in [9.17, 15) is 0 Å². The van der Waals surface area contributed by atoms with Gasteiger partial charge in [0.1, 0.15) is 5.82 Å². The van der Waals surface area contributed by atoms with Gasteiger partial charge in [0.25, 0.3) is 0 Å². The van der Waals surface area contributed by atoms with Crippen LogP contribution in [0.5, 0.6) is 0 Å². The van der Waals surface area contributed by atoms with Crippen molar-refractivity contribution in [1.82, 2.24) is 15.2 Å². The van der Waals surface area contributed by atoms with E-state index in [1.54, 1.807) is 11.8 Å². The predicted octanol–water partition coefficient (Wildman–Crippen LogP) is 2.55. The Morgan fingerprint density at radius 1 is 1.50 bits per heavy atom. The van der Waals surface area contributed by atoms with E-state index in [1.807, 2.05) is 6.92 Å². The van der Waals surface area contributed by atoms with Crippen LogP contribution in [0.2, 0.25) is 0 Å². The van der Waals surface area contributed by atoms with Crippen molar-refractivity contribution in [3.63, 3.8) is 0 Å². The third kappa shape index (κ3) is 4.37. The third-order valence-electron chi connectivity index (χ3n) is 2.04. The van der Waals surface area contributed by atoms with Gasteiger partial charge in [0.15, 0.2) is 0 Å². The molecule has 0 saturated carbocycles. The molecule has 14 heavy (non-hydrogen) atoms. The summed E-state index contributed by atoms with van der Waals surface area (Å²) in [5, 5.41) is 7.77. The molecule has 1 rings (SSSR count). The van der Waals surface area contributed by atoms with Crippen molar-refractivity contribution in [2.45, 2.75) is 31.8 Å². The first-order chi connectivity index (χ1) is 6.72. The number of aromatic nitrogens is 3. The van der Waals surface area contributed by atoms with Gasteiger partial charge in [-0.3, -0.25) is 5.10 Å². The van der Waals surface area contributed by atoms with Gasteiger partial charge in [0.2, 0.25) is 5.16 Å². The van der Waals surface area contributed by atoms with Gasteiger partial charge in [0, 0.05) is 5.75 Å². The minimum absolute atomic E-state index is 0.750. The molecule has 80 valence electrons. The van der Waals surface area contributed by atoms with Crippen molar-refractivity contribution in [1.29, 1.82) is 0 Å². The lowest BCUT2D eigenvalue weighted by Crippen LogP contribution is -1.97. The lowest BCUT2D eigenvalue weighted by molar-refractivity contribution is 0.554. The van der Waals surface area contributed by atoms with Crippen LogP contribution in [0.15, 0.2) is 5.16 Å². The number of hydrogen-bond donors (Lipinski definition) is 2. The van der Waals surface area contributed by atoms with Crippen molar-refractivity contribution in [3.8, 4) is 0 Å². The molecule has 1 heterocycles. The minimum Gasteiger partial charge on any atom is -0.262 e. The summed E-state index contributed by atoms with van der Waals surface area (Å²) in [6, 6.07) is 0. The van der Waals surface area contributed by atoms with Gasteiger partial charge < -0.3 is 0 Å². The fourth-order valence-corrected chi connectivity index (χ4v) is 2.56. The van der Waals surface area contributed by atoms with E-state index >= 15 is 0 Å². The Hall–Kier alpha value is -0.160. The number of nitrogens with zero attached hydrogens (tertiary/aromatic N) is 2. The maximum atomic E-state index is 4.23. The fourth-order valence-electron chi connectivity index (χ4n) is 1.10. The molecule has 1 aromatic heterocycles. The van der Waals surface area contributed by atoms with Crippen molar-refractivity contribution in [2.24, 2.45) is 5.92 Å². The van der Waals surface area contributed by atoms with Crippen molar-refractivity contribution >= 4 is 24.4 Å². The molecule has 0 fully saturated rings. The Kier molecular flexibility index (Phi) is 5.40. The van der Waals surface area contributed by atoms with Crippen molar-refractivity contribution in [2.75, 3.05) is 11.5 Å². The molecular formula is C9H17N3S2. The van der Waals surface area contributed by atoms with Gasteiger partial charge in [-0.1, -0.05) is 18.7 Å². The first kappa shape index (κ1) is 11.9.